The third kappa shape index (κ3) is 3.18. The van der Waals surface area contributed by atoms with E-state index >= 15 is 0 Å². The van der Waals surface area contributed by atoms with Crippen LogP contribution in [0.1, 0.15) is 43.2 Å². The first-order valence-electron chi connectivity index (χ1n) is 9.33. The molecule has 0 heterocycles. The van der Waals surface area contributed by atoms with Crippen molar-refractivity contribution in [3.8, 4) is 11.1 Å². The molecule has 2 N–H and O–H groups in total. The molecule has 0 aromatic heterocycles. The summed E-state index contributed by atoms with van der Waals surface area (Å²) in [4.78, 5) is 23.6. The van der Waals surface area contributed by atoms with Gasteiger partial charge in [-0.15, -0.1) is 0 Å². The highest BCUT2D eigenvalue weighted by Crippen LogP contribution is 2.44. The third-order valence-electron chi connectivity index (χ3n) is 5.92. The van der Waals surface area contributed by atoms with E-state index in [0.29, 0.717) is 19.3 Å². The zero-order chi connectivity index (χ0) is 19.0. The standard InChI is InChI=1S/C22H23NO4/c1-22(20(24)25)11-10-14(12-22)23-21(26)27-13-19-17-8-4-2-6-15(17)16-7-3-5-9-18(16)19/h2-9,14,19H,10-13H2,1H3,(H,23,26)(H,24,25)/t14-,22-/m0/s1. The molecule has 0 radical (unpaired) electrons. The molecule has 2 aromatic carbocycles. The second kappa shape index (κ2) is 6.72. The van der Waals surface area contributed by atoms with E-state index in [1.807, 2.05) is 24.3 Å². The Morgan fingerprint density at radius 3 is 2.26 bits per heavy atom. The Labute approximate surface area is 158 Å². The summed E-state index contributed by atoms with van der Waals surface area (Å²) in [6.07, 6.45) is 1.19. The molecule has 1 fully saturated rings. The summed E-state index contributed by atoms with van der Waals surface area (Å²) in [5.41, 5.74) is 3.96. The molecular formula is C22H23NO4. The molecular weight excluding hydrogens is 342 g/mol. The fourth-order valence-corrected chi connectivity index (χ4v) is 4.36. The van der Waals surface area contributed by atoms with Crippen LogP contribution in [0, 0.1) is 5.41 Å². The lowest BCUT2D eigenvalue weighted by Gasteiger charge is -2.19. The molecule has 0 unspecified atom stereocenters. The van der Waals surface area contributed by atoms with Crippen LogP contribution in [0.4, 0.5) is 4.79 Å². The van der Waals surface area contributed by atoms with Crippen LogP contribution in [-0.4, -0.2) is 29.8 Å². The molecule has 140 valence electrons. The number of carboxylic acids is 1. The van der Waals surface area contributed by atoms with Gasteiger partial charge >= 0.3 is 12.1 Å². The average Bonchev–Trinajstić information content (AvgIpc) is 3.19. The highest BCUT2D eigenvalue weighted by atomic mass is 16.5. The minimum absolute atomic E-state index is 0.0241. The normalized spacial score (nSPS) is 23.5. The summed E-state index contributed by atoms with van der Waals surface area (Å²) in [5, 5.41) is 12.1. The highest BCUT2D eigenvalue weighted by molar-refractivity contribution is 5.79. The van der Waals surface area contributed by atoms with Gasteiger partial charge in [-0.2, -0.15) is 0 Å². The van der Waals surface area contributed by atoms with E-state index in [1.165, 1.54) is 22.3 Å². The van der Waals surface area contributed by atoms with Gasteiger partial charge in [0.15, 0.2) is 0 Å². The Hall–Kier alpha value is -2.82. The van der Waals surface area contributed by atoms with E-state index in [1.54, 1.807) is 6.92 Å². The van der Waals surface area contributed by atoms with Crippen molar-refractivity contribution in [2.24, 2.45) is 5.41 Å². The van der Waals surface area contributed by atoms with Crippen LogP contribution in [-0.2, 0) is 9.53 Å². The summed E-state index contributed by atoms with van der Waals surface area (Å²) >= 11 is 0. The molecule has 4 rings (SSSR count). The molecule has 5 nitrogen and oxygen atoms in total. The number of benzene rings is 2. The number of ether oxygens (including phenoxy) is 1. The summed E-state index contributed by atoms with van der Waals surface area (Å²) in [6.45, 7) is 2.00. The molecule has 0 aliphatic heterocycles. The van der Waals surface area contributed by atoms with Crippen LogP contribution in [0.3, 0.4) is 0 Å². The van der Waals surface area contributed by atoms with Crippen LogP contribution in [0.5, 0.6) is 0 Å². The first-order chi connectivity index (χ1) is 13.0. The van der Waals surface area contributed by atoms with Gasteiger partial charge in [-0.3, -0.25) is 4.79 Å². The van der Waals surface area contributed by atoms with Gasteiger partial charge in [0.05, 0.1) is 5.41 Å². The quantitative estimate of drug-likeness (QED) is 0.853. The van der Waals surface area contributed by atoms with E-state index in [4.69, 9.17) is 4.74 Å². The Bertz CT molecular complexity index is 848. The summed E-state index contributed by atoms with van der Waals surface area (Å²) in [5.74, 6) is -0.782. The lowest BCUT2D eigenvalue weighted by atomic mass is 9.89. The summed E-state index contributed by atoms with van der Waals surface area (Å²) in [6, 6.07) is 16.2. The Balaban J connectivity index is 1.41. The Kier molecular flexibility index (Phi) is 4.38. The topological polar surface area (TPSA) is 75.6 Å². The van der Waals surface area contributed by atoms with E-state index < -0.39 is 17.5 Å². The van der Waals surface area contributed by atoms with Crippen molar-refractivity contribution in [2.45, 2.75) is 38.1 Å². The minimum Gasteiger partial charge on any atom is -0.481 e. The number of hydrogen-bond acceptors (Lipinski definition) is 3. The number of hydrogen-bond donors (Lipinski definition) is 2. The SMILES string of the molecule is C[C@]1(C(=O)O)CC[C@H](NC(=O)OCC2c3ccccc3-c3ccccc32)C1. The summed E-state index contributed by atoms with van der Waals surface area (Å²) < 4.78 is 5.53. The van der Waals surface area contributed by atoms with Crippen LogP contribution in [0.15, 0.2) is 48.5 Å². The molecule has 0 saturated heterocycles. The molecule has 27 heavy (non-hydrogen) atoms. The number of alkyl carbamates (subject to hydrolysis) is 1. The van der Waals surface area contributed by atoms with E-state index in [9.17, 15) is 14.7 Å². The first-order valence-corrected chi connectivity index (χ1v) is 9.33. The average molecular weight is 365 g/mol. The van der Waals surface area contributed by atoms with Gasteiger partial charge in [0.25, 0.3) is 0 Å². The lowest BCUT2D eigenvalue weighted by molar-refractivity contribution is -0.147. The molecule has 2 aromatic rings. The number of nitrogens with one attached hydrogen (secondary N) is 1. The Morgan fingerprint density at radius 2 is 1.70 bits per heavy atom. The van der Waals surface area contributed by atoms with Crippen molar-refractivity contribution in [3.05, 3.63) is 59.7 Å². The molecule has 2 atom stereocenters. The maximum atomic E-state index is 12.3. The maximum absolute atomic E-state index is 12.3. The number of amides is 1. The van der Waals surface area contributed by atoms with E-state index in [2.05, 4.69) is 29.6 Å². The molecule has 2 aliphatic carbocycles. The number of carboxylic acid groups (broad SMARTS) is 1. The lowest BCUT2D eigenvalue weighted by Crippen LogP contribution is -2.36. The second-order valence-electron chi connectivity index (χ2n) is 7.78. The predicted molar refractivity (Wildman–Crippen MR) is 102 cm³/mol. The predicted octanol–water partition coefficient (Wildman–Crippen LogP) is 4.17. The fourth-order valence-electron chi connectivity index (χ4n) is 4.36. The number of fused-ring (bicyclic) bond motifs is 3. The fraction of sp³-hybridized carbons (Fsp3) is 0.364. The van der Waals surface area contributed by atoms with Crippen molar-refractivity contribution >= 4 is 12.1 Å². The zero-order valence-corrected chi connectivity index (χ0v) is 15.3. The monoisotopic (exact) mass is 365 g/mol. The summed E-state index contributed by atoms with van der Waals surface area (Å²) in [7, 11) is 0. The number of rotatable bonds is 4. The highest BCUT2D eigenvalue weighted by Gasteiger charge is 2.42. The van der Waals surface area contributed by atoms with Gasteiger partial charge in [-0.05, 0) is 48.4 Å². The van der Waals surface area contributed by atoms with Crippen LogP contribution in [0.2, 0.25) is 0 Å². The van der Waals surface area contributed by atoms with Crippen LogP contribution in [0.25, 0.3) is 11.1 Å². The smallest absolute Gasteiger partial charge is 0.407 e. The number of carbonyl (C=O) groups excluding carboxylic acids is 1. The van der Waals surface area contributed by atoms with E-state index in [0.717, 1.165) is 0 Å². The molecule has 0 bridgehead atoms. The maximum Gasteiger partial charge on any atom is 0.407 e. The minimum atomic E-state index is -0.806. The molecule has 1 saturated carbocycles. The van der Waals surface area contributed by atoms with E-state index in [-0.39, 0.29) is 18.6 Å². The molecule has 1 amide bonds. The molecule has 2 aliphatic rings. The van der Waals surface area contributed by atoms with Crippen LogP contribution < -0.4 is 5.32 Å². The number of carbonyl (C=O) groups is 2. The van der Waals surface area contributed by atoms with Gasteiger partial charge in [-0.1, -0.05) is 48.5 Å². The van der Waals surface area contributed by atoms with Crippen molar-refractivity contribution in [1.82, 2.24) is 5.32 Å². The molecule has 0 spiro atoms. The largest absolute Gasteiger partial charge is 0.481 e. The second-order valence-corrected chi connectivity index (χ2v) is 7.78. The first kappa shape index (κ1) is 17.6. The van der Waals surface area contributed by atoms with Gasteiger partial charge in [0.2, 0.25) is 0 Å². The van der Waals surface area contributed by atoms with Gasteiger partial charge in [0, 0.05) is 12.0 Å². The number of aliphatic carboxylic acids is 1. The van der Waals surface area contributed by atoms with Gasteiger partial charge in [-0.25, -0.2) is 4.79 Å². The van der Waals surface area contributed by atoms with Crippen molar-refractivity contribution in [3.63, 3.8) is 0 Å². The van der Waals surface area contributed by atoms with Gasteiger partial charge < -0.3 is 15.2 Å². The van der Waals surface area contributed by atoms with Crippen LogP contribution >= 0.6 is 0 Å². The van der Waals surface area contributed by atoms with Crippen molar-refractivity contribution < 1.29 is 19.4 Å². The van der Waals surface area contributed by atoms with Crippen molar-refractivity contribution in [1.29, 1.82) is 0 Å². The van der Waals surface area contributed by atoms with Crippen molar-refractivity contribution in [2.75, 3.05) is 6.61 Å². The Morgan fingerprint density at radius 1 is 1.11 bits per heavy atom. The molecule has 5 heteroatoms. The zero-order valence-electron chi connectivity index (χ0n) is 15.3. The third-order valence-corrected chi connectivity index (χ3v) is 5.92. The van der Waals surface area contributed by atoms with Gasteiger partial charge in [0.1, 0.15) is 6.61 Å².